The Labute approximate surface area is 211 Å². The molecular formula is C29H29N3O4. The third kappa shape index (κ3) is 7.54. The summed E-state index contributed by atoms with van der Waals surface area (Å²) in [5.74, 6) is 2.65. The van der Waals surface area contributed by atoms with Crippen LogP contribution in [-0.2, 0) is 9.53 Å². The lowest BCUT2D eigenvalue weighted by Gasteiger charge is -2.20. The Morgan fingerprint density at radius 2 is 1.47 bits per heavy atom. The Morgan fingerprint density at radius 1 is 0.889 bits per heavy atom. The van der Waals surface area contributed by atoms with E-state index in [9.17, 15) is 9.59 Å². The summed E-state index contributed by atoms with van der Waals surface area (Å²) in [6.07, 6.45) is 6.05. The standard InChI is InChI=1S/C29H29N3O4/c1-5-21-7-11-24(12-8-21)31-32-25-15-13-23(14-16-25)30-27(33)22-9-17-26(18-10-22)35-19-20-36-28(34)29(3,4)6-2/h1,7-18H,6,19-20H2,2-4H3,(H,30,33). The van der Waals surface area contributed by atoms with Gasteiger partial charge in [-0.25, -0.2) is 0 Å². The quantitative estimate of drug-likeness (QED) is 0.150. The molecule has 7 nitrogen and oxygen atoms in total. The van der Waals surface area contributed by atoms with Gasteiger partial charge in [-0.05, 0) is 93.1 Å². The Kier molecular flexibility index (Phi) is 8.95. The normalized spacial score (nSPS) is 11.1. The van der Waals surface area contributed by atoms with E-state index in [1.165, 1.54) is 0 Å². The van der Waals surface area contributed by atoms with Crippen LogP contribution in [0.5, 0.6) is 5.75 Å². The summed E-state index contributed by atoms with van der Waals surface area (Å²) >= 11 is 0. The highest BCUT2D eigenvalue weighted by molar-refractivity contribution is 6.04. The van der Waals surface area contributed by atoms with Crippen LogP contribution in [0.25, 0.3) is 0 Å². The minimum absolute atomic E-state index is 0.165. The molecule has 3 rings (SSSR count). The third-order valence-corrected chi connectivity index (χ3v) is 5.58. The number of benzene rings is 3. The fourth-order valence-electron chi connectivity index (χ4n) is 2.89. The van der Waals surface area contributed by atoms with Crippen molar-refractivity contribution in [3.05, 3.63) is 83.9 Å². The fourth-order valence-corrected chi connectivity index (χ4v) is 2.89. The Morgan fingerprint density at radius 3 is 2.03 bits per heavy atom. The average Bonchev–Trinajstić information content (AvgIpc) is 2.91. The molecule has 36 heavy (non-hydrogen) atoms. The molecule has 1 amide bonds. The maximum absolute atomic E-state index is 12.6. The van der Waals surface area contributed by atoms with Crippen molar-refractivity contribution in [3.63, 3.8) is 0 Å². The summed E-state index contributed by atoms with van der Waals surface area (Å²) in [6.45, 7) is 6.04. The molecule has 0 aliphatic heterocycles. The largest absolute Gasteiger partial charge is 0.490 e. The number of esters is 1. The SMILES string of the molecule is C#Cc1ccc(N=Nc2ccc(NC(=O)c3ccc(OCCOC(=O)C(C)(C)CC)cc3)cc2)cc1. The molecule has 0 atom stereocenters. The highest BCUT2D eigenvalue weighted by atomic mass is 16.6. The first-order valence-electron chi connectivity index (χ1n) is 11.6. The summed E-state index contributed by atoms with van der Waals surface area (Å²) in [4.78, 5) is 24.5. The molecule has 0 unspecified atom stereocenters. The van der Waals surface area contributed by atoms with Gasteiger partial charge in [0, 0.05) is 16.8 Å². The second kappa shape index (κ2) is 12.3. The molecule has 0 aromatic heterocycles. The number of hydrogen-bond acceptors (Lipinski definition) is 6. The molecule has 0 aliphatic carbocycles. The molecule has 0 spiro atoms. The minimum Gasteiger partial charge on any atom is -0.490 e. The number of nitrogens with one attached hydrogen (secondary N) is 1. The molecule has 184 valence electrons. The van der Waals surface area contributed by atoms with Crippen molar-refractivity contribution in [2.45, 2.75) is 27.2 Å². The van der Waals surface area contributed by atoms with Crippen LogP contribution in [0.4, 0.5) is 17.1 Å². The predicted octanol–water partition coefficient (Wildman–Crippen LogP) is 6.69. The van der Waals surface area contributed by atoms with Crippen molar-refractivity contribution in [1.29, 1.82) is 0 Å². The van der Waals surface area contributed by atoms with Gasteiger partial charge in [-0.2, -0.15) is 10.2 Å². The van der Waals surface area contributed by atoms with Crippen LogP contribution in [0, 0.1) is 17.8 Å². The van der Waals surface area contributed by atoms with E-state index in [-0.39, 0.29) is 25.1 Å². The minimum atomic E-state index is -0.505. The molecular weight excluding hydrogens is 454 g/mol. The molecule has 0 saturated carbocycles. The van der Waals surface area contributed by atoms with Crippen molar-refractivity contribution in [2.75, 3.05) is 18.5 Å². The number of carbonyl (C=O) groups excluding carboxylic acids is 2. The summed E-state index contributed by atoms with van der Waals surface area (Å²) in [6, 6.07) is 21.0. The number of azo groups is 1. The van der Waals surface area contributed by atoms with Crippen LogP contribution in [-0.4, -0.2) is 25.1 Å². The number of rotatable bonds is 10. The van der Waals surface area contributed by atoms with Crippen LogP contribution in [0.2, 0.25) is 0 Å². The summed E-state index contributed by atoms with van der Waals surface area (Å²) < 4.78 is 10.9. The van der Waals surface area contributed by atoms with Gasteiger partial charge in [-0.1, -0.05) is 12.8 Å². The van der Waals surface area contributed by atoms with E-state index in [2.05, 4.69) is 21.5 Å². The van der Waals surface area contributed by atoms with Gasteiger partial charge in [-0.3, -0.25) is 9.59 Å². The van der Waals surface area contributed by atoms with Gasteiger partial charge in [0.15, 0.2) is 0 Å². The van der Waals surface area contributed by atoms with Crippen molar-refractivity contribution < 1.29 is 19.1 Å². The maximum Gasteiger partial charge on any atom is 0.311 e. The molecule has 0 fully saturated rings. The van der Waals surface area contributed by atoms with Crippen molar-refractivity contribution in [1.82, 2.24) is 0 Å². The lowest BCUT2D eigenvalue weighted by Crippen LogP contribution is -2.27. The first-order chi connectivity index (χ1) is 17.3. The van der Waals surface area contributed by atoms with Gasteiger partial charge < -0.3 is 14.8 Å². The highest BCUT2D eigenvalue weighted by Gasteiger charge is 2.26. The summed E-state index contributed by atoms with van der Waals surface area (Å²) in [5.41, 5.74) is 2.74. The van der Waals surface area contributed by atoms with Crippen LogP contribution in [0.1, 0.15) is 43.1 Å². The topological polar surface area (TPSA) is 89.3 Å². The van der Waals surface area contributed by atoms with E-state index >= 15 is 0 Å². The van der Waals surface area contributed by atoms with Crippen molar-refractivity contribution >= 4 is 28.9 Å². The van der Waals surface area contributed by atoms with E-state index in [4.69, 9.17) is 15.9 Å². The number of nitrogens with zero attached hydrogens (tertiary/aromatic N) is 2. The van der Waals surface area contributed by atoms with Gasteiger partial charge >= 0.3 is 5.97 Å². The molecule has 0 radical (unpaired) electrons. The van der Waals surface area contributed by atoms with Gasteiger partial charge in [0.25, 0.3) is 5.91 Å². The second-order valence-corrected chi connectivity index (χ2v) is 8.64. The predicted molar refractivity (Wildman–Crippen MR) is 140 cm³/mol. The van der Waals surface area contributed by atoms with Crippen LogP contribution in [0.3, 0.4) is 0 Å². The van der Waals surface area contributed by atoms with Crippen LogP contribution < -0.4 is 10.1 Å². The molecule has 0 saturated heterocycles. The van der Waals surface area contributed by atoms with Crippen LogP contribution in [0.15, 0.2) is 83.0 Å². The van der Waals surface area contributed by atoms with E-state index < -0.39 is 5.41 Å². The first kappa shape index (κ1) is 26.2. The summed E-state index contributed by atoms with van der Waals surface area (Å²) in [5, 5.41) is 11.2. The molecule has 0 bridgehead atoms. The highest BCUT2D eigenvalue weighted by Crippen LogP contribution is 2.22. The summed E-state index contributed by atoms with van der Waals surface area (Å²) in [7, 11) is 0. The van der Waals surface area contributed by atoms with Gasteiger partial charge in [0.2, 0.25) is 0 Å². The third-order valence-electron chi connectivity index (χ3n) is 5.58. The van der Waals surface area contributed by atoms with Gasteiger partial charge in [0.05, 0.1) is 16.8 Å². The van der Waals surface area contributed by atoms with Crippen molar-refractivity contribution in [2.24, 2.45) is 15.6 Å². The first-order valence-corrected chi connectivity index (χ1v) is 11.6. The Balaban J connectivity index is 1.47. The zero-order valence-electron chi connectivity index (χ0n) is 20.7. The lowest BCUT2D eigenvalue weighted by atomic mass is 9.91. The smallest absolute Gasteiger partial charge is 0.311 e. The number of carbonyl (C=O) groups is 2. The van der Waals surface area contributed by atoms with E-state index in [0.717, 1.165) is 5.56 Å². The second-order valence-electron chi connectivity index (χ2n) is 8.64. The monoisotopic (exact) mass is 483 g/mol. The number of amides is 1. The van der Waals surface area contributed by atoms with E-state index in [1.807, 2.05) is 20.8 Å². The van der Waals surface area contributed by atoms with Gasteiger partial charge in [0.1, 0.15) is 19.0 Å². The Bertz CT molecular complexity index is 1240. The number of hydrogen-bond donors (Lipinski definition) is 1. The van der Waals surface area contributed by atoms with Gasteiger partial charge in [-0.15, -0.1) is 6.42 Å². The van der Waals surface area contributed by atoms with Crippen LogP contribution >= 0.6 is 0 Å². The fraction of sp³-hybridized carbons (Fsp3) is 0.241. The van der Waals surface area contributed by atoms with E-state index in [0.29, 0.717) is 34.8 Å². The zero-order valence-corrected chi connectivity index (χ0v) is 20.7. The lowest BCUT2D eigenvalue weighted by molar-refractivity contribution is -0.154. The Hall–Kier alpha value is -4.44. The molecule has 7 heteroatoms. The average molecular weight is 484 g/mol. The number of ether oxygens (including phenoxy) is 2. The van der Waals surface area contributed by atoms with E-state index in [1.54, 1.807) is 72.8 Å². The zero-order chi connectivity index (χ0) is 26.0. The molecule has 1 N–H and O–H groups in total. The maximum atomic E-state index is 12.6. The van der Waals surface area contributed by atoms with Crippen molar-refractivity contribution in [3.8, 4) is 18.1 Å². The molecule has 0 aliphatic rings. The molecule has 3 aromatic carbocycles. The molecule has 3 aromatic rings. The number of anilines is 1. The molecule has 0 heterocycles. The number of terminal acetylenes is 1.